The Bertz CT molecular complexity index is 1050. The topological polar surface area (TPSA) is 110 Å². The van der Waals surface area contributed by atoms with Gasteiger partial charge in [0.1, 0.15) is 12.6 Å². The van der Waals surface area contributed by atoms with E-state index in [4.69, 9.17) is 0 Å². The molecule has 0 spiro atoms. The summed E-state index contributed by atoms with van der Waals surface area (Å²) in [5.74, 6) is -0.170. The van der Waals surface area contributed by atoms with Gasteiger partial charge in [0.25, 0.3) is 0 Å². The Balaban J connectivity index is 1.78. The molecule has 0 saturated heterocycles. The van der Waals surface area contributed by atoms with E-state index in [9.17, 15) is 24.6 Å². The highest BCUT2D eigenvalue weighted by atomic mass is 16.3. The normalized spacial score (nSPS) is 18.8. The van der Waals surface area contributed by atoms with Crippen molar-refractivity contribution in [3.05, 3.63) is 35.9 Å². The maximum Gasteiger partial charge on any atom is 0.242 e. The summed E-state index contributed by atoms with van der Waals surface area (Å²) in [5, 5.41) is 25.2. The molecule has 0 bridgehead atoms. The predicted octanol–water partition coefficient (Wildman–Crippen LogP) is 5.30. The van der Waals surface area contributed by atoms with Gasteiger partial charge in [-0.15, -0.1) is 0 Å². The molecule has 3 amide bonds. The van der Waals surface area contributed by atoms with Crippen LogP contribution in [0.5, 0.6) is 0 Å². The van der Waals surface area contributed by atoms with Crippen LogP contribution in [0, 0.1) is 23.7 Å². The van der Waals surface area contributed by atoms with Crippen LogP contribution >= 0.6 is 0 Å². The Labute approximate surface area is 266 Å². The van der Waals surface area contributed by atoms with Crippen molar-refractivity contribution in [2.45, 2.75) is 136 Å². The van der Waals surface area contributed by atoms with Crippen molar-refractivity contribution in [1.29, 1.82) is 0 Å². The van der Waals surface area contributed by atoms with Gasteiger partial charge in [-0.1, -0.05) is 89.1 Å². The number of aliphatic hydroxyl groups is 2. The predicted molar refractivity (Wildman–Crippen MR) is 174 cm³/mol. The van der Waals surface area contributed by atoms with Gasteiger partial charge in [-0.05, 0) is 63.4 Å². The first-order valence-corrected chi connectivity index (χ1v) is 17.0. The second-order valence-electron chi connectivity index (χ2n) is 15.0. The molecule has 2 fully saturated rings. The molecular weight excluding hydrogens is 554 g/mol. The van der Waals surface area contributed by atoms with Crippen molar-refractivity contribution in [2.75, 3.05) is 13.6 Å². The summed E-state index contributed by atoms with van der Waals surface area (Å²) < 4.78 is 0. The number of amides is 3. The van der Waals surface area contributed by atoms with Gasteiger partial charge in [0, 0.05) is 31.5 Å². The zero-order valence-corrected chi connectivity index (χ0v) is 28.1. The first-order chi connectivity index (χ1) is 20.7. The van der Waals surface area contributed by atoms with E-state index >= 15 is 0 Å². The van der Waals surface area contributed by atoms with Gasteiger partial charge in [0.15, 0.2) is 0 Å². The average molecular weight is 614 g/mol. The van der Waals surface area contributed by atoms with E-state index in [0.717, 1.165) is 44.1 Å². The summed E-state index contributed by atoms with van der Waals surface area (Å²) in [6.07, 6.45) is 7.41. The highest BCUT2D eigenvalue weighted by molar-refractivity contribution is 5.89. The number of nitrogens with one attached hydrogen (secondary N) is 1. The number of nitrogens with zero attached hydrogens (tertiary/aromatic N) is 2. The average Bonchev–Trinajstić information content (AvgIpc) is 3.79. The lowest BCUT2D eigenvalue weighted by Gasteiger charge is -2.35. The van der Waals surface area contributed by atoms with E-state index in [1.165, 1.54) is 6.42 Å². The lowest BCUT2D eigenvalue weighted by atomic mass is 9.82. The van der Waals surface area contributed by atoms with E-state index in [1.54, 1.807) is 16.8 Å². The number of benzene rings is 1. The van der Waals surface area contributed by atoms with Crippen LogP contribution in [-0.4, -0.2) is 75.1 Å². The largest absolute Gasteiger partial charge is 0.390 e. The summed E-state index contributed by atoms with van der Waals surface area (Å²) in [4.78, 5) is 44.3. The second kappa shape index (κ2) is 16.7. The van der Waals surface area contributed by atoms with Gasteiger partial charge < -0.3 is 25.3 Å². The fourth-order valence-corrected chi connectivity index (χ4v) is 6.32. The zero-order valence-electron chi connectivity index (χ0n) is 28.1. The first kappa shape index (κ1) is 36.0. The lowest BCUT2D eigenvalue weighted by Crippen LogP contribution is -2.52. The smallest absolute Gasteiger partial charge is 0.242 e. The van der Waals surface area contributed by atoms with Gasteiger partial charge in [-0.25, -0.2) is 0 Å². The molecule has 3 N–H and O–H groups in total. The molecule has 8 heteroatoms. The van der Waals surface area contributed by atoms with Crippen LogP contribution in [0.25, 0.3) is 0 Å². The zero-order chi connectivity index (χ0) is 32.4. The summed E-state index contributed by atoms with van der Waals surface area (Å²) in [7, 11) is 1.75. The molecular formula is C36H59N3O5. The molecule has 1 aromatic carbocycles. The maximum absolute atomic E-state index is 13.9. The molecule has 1 aromatic rings. The van der Waals surface area contributed by atoms with E-state index in [1.807, 2.05) is 65.0 Å². The number of aliphatic hydroxyl groups excluding tert-OH is 2. The Hall–Kier alpha value is -2.45. The first-order valence-electron chi connectivity index (χ1n) is 17.0. The van der Waals surface area contributed by atoms with Crippen LogP contribution in [0.2, 0.25) is 0 Å². The standard InChI is InChI=1S/C36H59N3O5/c1-25(2)19-31(40)34(43)30(21-26-13-9-7-10-14-26)37-35(44)29(20-27-17-18-27)22-32(41)39(23-28-15-11-8-12-16-28)24-33(42)38(6)36(3,4)5/h8,11-12,15-16,25-27,29-31,34,40,43H,7,9-10,13-14,17-24H2,1-6H3,(H,37,44)/t29-,30+,31+,34-/m1/s1. The van der Waals surface area contributed by atoms with E-state index in [2.05, 4.69) is 5.32 Å². The number of carbonyl (C=O) groups is 3. The van der Waals surface area contributed by atoms with Gasteiger partial charge >= 0.3 is 0 Å². The molecule has 0 radical (unpaired) electrons. The monoisotopic (exact) mass is 613 g/mol. The number of likely N-dealkylation sites (N-methyl/N-ethyl adjacent to an activating group) is 1. The van der Waals surface area contributed by atoms with Gasteiger partial charge in [0.05, 0.1) is 12.1 Å². The summed E-state index contributed by atoms with van der Waals surface area (Å²) >= 11 is 0. The maximum atomic E-state index is 13.9. The molecule has 248 valence electrons. The Kier molecular flexibility index (Phi) is 13.7. The highest BCUT2D eigenvalue weighted by Crippen LogP contribution is 2.37. The summed E-state index contributed by atoms with van der Waals surface area (Å²) in [6.45, 7) is 10.1. The third-order valence-corrected chi connectivity index (χ3v) is 9.54. The molecule has 4 atom stereocenters. The van der Waals surface area contributed by atoms with Crippen LogP contribution < -0.4 is 5.32 Å². The van der Waals surface area contributed by atoms with E-state index in [-0.39, 0.29) is 48.7 Å². The fourth-order valence-electron chi connectivity index (χ4n) is 6.32. The van der Waals surface area contributed by atoms with Gasteiger partial charge in [-0.2, -0.15) is 0 Å². The van der Waals surface area contributed by atoms with Crippen molar-refractivity contribution in [2.24, 2.45) is 23.7 Å². The third-order valence-electron chi connectivity index (χ3n) is 9.54. The summed E-state index contributed by atoms with van der Waals surface area (Å²) in [5.41, 5.74) is 0.534. The van der Waals surface area contributed by atoms with Crippen LogP contribution in [0.1, 0.15) is 111 Å². The van der Waals surface area contributed by atoms with Crippen molar-refractivity contribution >= 4 is 17.7 Å². The number of hydrogen-bond acceptors (Lipinski definition) is 5. The molecule has 2 aliphatic carbocycles. The second-order valence-corrected chi connectivity index (χ2v) is 15.0. The molecule has 0 heterocycles. The highest BCUT2D eigenvalue weighted by Gasteiger charge is 2.36. The Morgan fingerprint density at radius 2 is 1.52 bits per heavy atom. The fraction of sp³-hybridized carbons (Fsp3) is 0.750. The van der Waals surface area contributed by atoms with E-state index in [0.29, 0.717) is 31.1 Å². The van der Waals surface area contributed by atoms with Crippen molar-refractivity contribution in [1.82, 2.24) is 15.1 Å². The van der Waals surface area contributed by atoms with Crippen molar-refractivity contribution in [3.63, 3.8) is 0 Å². The van der Waals surface area contributed by atoms with Crippen molar-refractivity contribution in [3.8, 4) is 0 Å². The molecule has 2 aliphatic rings. The Morgan fingerprint density at radius 1 is 0.909 bits per heavy atom. The van der Waals surface area contributed by atoms with Gasteiger partial charge in [-0.3, -0.25) is 14.4 Å². The SMILES string of the molecule is CC(C)C[C@H](O)[C@H](O)[C@H](CC1CCCCC1)NC(=O)[C@@H](CC(=O)N(CC(=O)N(C)C(C)(C)C)Cc1ccccc1)CC1CC1. The number of carbonyl (C=O) groups excluding carboxylic acids is 3. The van der Waals surface area contributed by atoms with Crippen LogP contribution in [0.3, 0.4) is 0 Å². The van der Waals surface area contributed by atoms with Crippen LogP contribution in [-0.2, 0) is 20.9 Å². The Morgan fingerprint density at radius 3 is 2.09 bits per heavy atom. The molecule has 0 aromatic heterocycles. The minimum Gasteiger partial charge on any atom is -0.390 e. The van der Waals surface area contributed by atoms with Gasteiger partial charge in [0.2, 0.25) is 17.7 Å². The van der Waals surface area contributed by atoms with Crippen molar-refractivity contribution < 1.29 is 24.6 Å². The molecule has 8 nitrogen and oxygen atoms in total. The molecule has 0 unspecified atom stereocenters. The van der Waals surface area contributed by atoms with E-state index < -0.39 is 24.2 Å². The minimum absolute atomic E-state index is 0.00245. The number of hydrogen-bond donors (Lipinski definition) is 3. The third kappa shape index (κ3) is 11.8. The minimum atomic E-state index is -1.07. The molecule has 3 rings (SSSR count). The molecule has 44 heavy (non-hydrogen) atoms. The quantitative estimate of drug-likeness (QED) is 0.234. The summed E-state index contributed by atoms with van der Waals surface area (Å²) in [6, 6.07) is 9.05. The number of rotatable bonds is 16. The van der Waals surface area contributed by atoms with Crippen LogP contribution in [0.15, 0.2) is 30.3 Å². The molecule has 0 aliphatic heterocycles. The lowest BCUT2D eigenvalue weighted by molar-refractivity contribution is -0.144. The molecule has 2 saturated carbocycles. The van der Waals surface area contributed by atoms with Crippen LogP contribution in [0.4, 0.5) is 0 Å².